The summed E-state index contributed by atoms with van der Waals surface area (Å²) < 4.78 is 8.70. The molecule has 2 heterocycles. The lowest BCUT2D eigenvalue weighted by Gasteiger charge is -2.16. The third kappa shape index (κ3) is 3.64. The van der Waals surface area contributed by atoms with Crippen LogP contribution in [0.25, 0.3) is 75.5 Å². The van der Waals surface area contributed by atoms with Gasteiger partial charge in [0.1, 0.15) is 17.2 Å². The van der Waals surface area contributed by atoms with Gasteiger partial charge in [0, 0.05) is 42.1 Å². The number of hydrogen-bond acceptors (Lipinski definition) is 4. The minimum atomic E-state index is 0.581. The van der Waals surface area contributed by atoms with Crippen molar-refractivity contribution in [2.75, 3.05) is 0 Å². The Hall–Kier alpha value is -5.68. The van der Waals surface area contributed by atoms with Crippen molar-refractivity contribution < 1.29 is 4.42 Å². The molecule has 0 unspecified atom stereocenters. The fourth-order valence-corrected chi connectivity index (χ4v) is 7.23. The van der Waals surface area contributed by atoms with Crippen molar-refractivity contribution in [1.82, 2.24) is 0 Å². The first-order valence-corrected chi connectivity index (χ1v) is 14.4. The minimum Gasteiger partial charge on any atom is -0.456 e. The zero-order valence-corrected chi connectivity index (χ0v) is 23.1. The zero-order valence-electron chi connectivity index (χ0n) is 22.3. The molecule has 0 N–H and O–H groups in total. The maximum absolute atomic E-state index is 10.7. The Morgan fingerprint density at radius 3 is 2.02 bits per heavy atom. The Morgan fingerprint density at radius 2 is 1.19 bits per heavy atom. The molecule has 0 fully saturated rings. The molecule has 0 aliphatic rings. The number of rotatable bonds is 3. The third-order valence-corrected chi connectivity index (χ3v) is 9.12. The topological polar surface area (TPSA) is 60.7 Å². The molecular weight excluding hydrogens is 532 g/mol. The summed E-state index contributed by atoms with van der Waals surface area (Å²) in [5.41, 5.74) is 8.44. The van der Waals surface area contributed by atoms with E-state index in [-0.39, 0.29) is 0 Å². The van der Waals surface area contributed by atoms with E-state index >= 15 is 0 Å². The predicted molar refractivity (Wildman–Crippen MR) is 172 cm³/mol. The van der Waals surface area contributed by atoms with Crippen LogP contribution in [0.4, 0.5) is 0 Å². The number of nitriles is 2. The second-order valence-corrected chi connectivity index (χ2v) is 11.4. The van der Waals surface area contributed by atoms with Crippen LogP contribution < -0.4 is 0 Å². The van der Waals surface area contributed by atoms with Crippen molar-refractivity contribution >= 4 is 53.4 Å². The van der Waals surface area contributed by atoms with E-state index in [1.165, 1.54) is 20.2 Å². The monoisotopic (exact) mass is 552 g/mol. The van der Waals surface area contributed by atoms with E-state index < -0.39 is 0 Å². The van der Waals surface area contributed by atoms with Crippen LogP contribution in [0.1, 0.15) is 11.1 Å². The molecule has 0 spiro atoms. The van der Waals surface area contributed by atoms with E-state index in [9.17, 15) is 10.5 Å². The number of hydrogen-bond donors (Lipinski definition) is 0. The van der Waals surface area contributed by atoms with Gasteiger partial charge in [-0.05, 0) is 70.8 Å². The van der Waals surface area contributed by atoms with Crippen LogP contribution in [0.3, 0.4) is 0 Å². The Bertz CT molecular complexity index is 2430. The van der Waals surface area contributed by atoms with E-state index in [2.05, 4.69) is 78.9 Å². The predicted octanol–water partition coefficient (Wildman–Crippen LogP) is 10.7. The number of nitrogens with zero attached hydrogens (tertiary/aromatic N) is 2. The van der Waals surface area contributed by atoms with Crippen molar-refractivity contribution in [3.63, 3.8) is 0 Å². The summed E-state index contributed by atoms with van der Waals surface area (Å²) in [4.78, 5) is 0. The van der Waals surface area contributed by atoms with Gasteiger partial charge in [-0.25, -0.2) is 0 Å². The van der Waals surface area contributed by atoms with Crippen LogP contribution in [0.15, 0.2) is 126 Å². The van der Waals surface area contributed by atoms with Crippen LogP contribution in [-0.4, -0.2) is 0 Å². The molecule has 6 aromatic carbocycles. The highest BCUT2D eigenvalue weighted by molar-refractivity contribution is 7.25. The number of para-hydroxylation sites is 1. The first kappa shape index (κ1) is 24.1. The summed E-state index contributed by atoms with van der Waals surface area (Å²) in [5, 5.41) is 24.5. The first-order valence-electron chi connectivity index (χ1n) is 13.6. The van der Waals surface area contributed by atoms with E-state index in [0.29, 0.717) is 11.1 Å². The molecule has 0 atom stereocenters. The lowest BCUT2D eigenvalue weighted by Crippen LogP contribution is -1.94. The first-order chi connectivity index (χ1) is 20.7. The second kappa shape index (κ2) is 9.46. The van der Waals surface area contributed by atoms with E-state index in [0.717, 1.165) is 55.3 Å². The second-order valence-electron chi connectivity index (χ2n) is 10.3. The van der Waals surface area contributed by atoms with Gasteiger partial charge in [-0.3, -0.25) is 0 Å². The highest BCUT2D eigenvalue weighted by Crippen LogP contribution is 2.45. The summed E-state index contributed by atoms with van der Waals surface area (Å²) in [6.45, 7) is 0. The Labute approximate surface area is 245 Å². The number of furan rings is 1. The molecule has 2 aromatic heterocycles. The van der Waals surface area contributed by atoms with Crippen molar-refractivity contribution in [2.45, 2.75) is 0 Å². The molecule has 194 valence electrons. The van der Waals surface area contributed by atoms with Gasteiger partial charge >= 0.3 is 0 Å². The van der Waals surface area contributed by atoms with E-state index in [4.69, 9.17) is 4.42 Å². The molecule has 0 aliphatic carbocycles. The minimum absolute atomic E-state index is 0.581. The lowest BCUT2D eigenvalue weighted by atomic mass is 9.86. The molecule has 0 aliphatic heterocycles. The fraction of sp³-hybridized carbons (Fsp3) is 0. The number of thiophene rings is 1. The van der Waals surface area contributed by atoms with E-state index in [1.54, 1.807) is 23.5 Å². The maximum Gasteiger partial charge on any atom is 0.136 e. The smallest absolute Gasteiger partial charge is 0.136 e. The molecule has 0 radical (unpaired) electrons. The largest absolute Gasteiger partial charge is 0.456 e. The average Bonchev–Trinajstić information content (AvgIpc) is 3.63. The average molecular weight is 553 g/mol. The van der Waals surface area contributed by atoms with Crippen molar-refractivity contribution in [2.24, 2.45) is 0 Å². The molecule has 0 saturated carbocycles. The molecule has 8 aromatic rings. The van der Waals surface area contributed by atoms with Gasteiger partial charge in [0.2, 0.25) is 0 Å². The quantitative estimate of drug-likeness (QED) is 0.219. The van der Waals surface area contributed by atoms with Crippen LogP contribution in [0, 0.1) is 22.7 Å². The highest BCUT2D eigenvalue weighted by atomic mass is 32.1. The SMILES string of the molecule is N#Cc1ccc(-c2cc(-c3cccc4sc5ccccc5c34)cc(-c3cccc4oc5ccccc5c34)c2C#N)cc1. The Kier molecular flexibility index (Phi) is 5.44. The van der Waals surface area contributed by atoms with Crippen molar-refractivity contribution in [1.29, 1.82) is 10.5 Å². The highest BCUT2D eigenvalue weighted by Gasteiger charge is 2.21. The lowest BCUT2D eigenvalue weighted by molar-refractivity contribution is 0.669. The summed E-state index contributed by atoms with van der Waals surface area (Å²) in [5.74, 6) is 0. The molecule has 3 nitrogen and oxygen atoms in total. The van der Waals surface area contributed by atoms with Gasteiger partial charge in [0.25, 0.3) is 0 Å². The Morgan fingerprint density at radius 1 is 0.500 bits per heavy atom. The van der Waals surface area contributed by atoms with Gasteiger partial charge in [-0.15, -0.1) is 11.3 Å². The van der Waals surface area contributed by atoms with Crippen LogP contribution in [0.2, 0.25) is 0 Å². The maximum atomic E-state index is 10.7. The van der Waals surface area contributed by atoms with Gasteiger partial charge in [-0.2, -0.15) is 10.5 Å². The number of fused-ring (bicyclic) bond motifs is 6. The van der Waals surface area contributed by atoms with E-state index in [1.807, 2.05) is 42.5 Å². The molecule has 0 bridgehead atoms. The summed E-state index contributed by atoms with van der Waals surface area (Å²) >= 11 is 1.79. The van der Waals surface area contributed by atoms with Gasteiger partial charge in [-0.1, -0.05) is 72.8 Å². The number of benzene rings is 6. The fourth-order valence-electron chi connectivity index (χ4n) is 6.10. The molecule has 0 saturated heterocycles. The summed E-state index contributed by atoms with van der Waals surface area (Å²) in [6, 6.07) is 45.5. The van der Waals surface area contributed by atoms with Crippen LogP contribution >= 0.6 is 11.3 Å². The molecule has 4 heteroatoms. The molecular formula is C38H20N2OS. The van der Waals surface area contributed by atoms with Crippen molar-refractivity contribution in [3.05, 3.63) is 132 Å². The van der Waals surface area contributed by atoms with Crippen molar-refractivity contribution in [3.8, 4) is 45.5 Å². The molecule has 0 amide bonds. The van der Waals surface area contributed by atoms with Gasteiger partial charge in [0.15, 0.2) is 0 Å². The van der Waals surface area contributed by atoms with Crippen LogP contribution in [-0.2, 0) is 0 Å². The van der Waals surface area contributed by atoms with Crippen LogP contribution in [0.5, 0.6) is 0 Å². The Balaban J connectivity index is 1.50. The van der Waals surface area contributed by atoms with Gasteiger partial charge < -0.3 is 4.42 Å². The summed E-state index contributed by atoms with van der Waals surface area (Å²) in [6.07, 6.45) is 0. The summed E-state index contributed by atoms with van der Waals surface area (Å²) in [7, 11) is 0. The third-order valence-electron chi connectivity index (χ3n) is 7.98. The zero-order chi connectivity index (χ0) is 28.2. The molecule has 8 rings (SSSR count). The molecule has 42 heavy (non-hydrogen) atoms. The normalized spacial score (nSPS) is 11.3. The van der Waals surface area contributed by atoms with Gasteiger partial charge in [0.05, 0.1) is 17.2 Å². The standard InChI is InChI=1S/C38H20N2OS/c39-21-23-15-17-24(18-16-23)30-19-25(26-9-6-14-36-38(26)29-8-2-4-13-35(29)42-36)20-31(32(30)22-40)27-10-5-12-34-37(27)28-7-1-3-11-33(28)41-34/h1-20H.